The first kappa shape index (κ1) is 19.4. The second-order valence-electron chi connectivity index (χ2n) is 7.46. The minimum Gasteiger partial charge on any atom is -0.454 e. The van der Waals surface area contributed by atoms with E-state index in [0.29, 0.717) is 18.0 Å². The van der Waals surface area contributed by atoms with Gasteiger partial charge in [-0.15, -0.1) is 11.3 Å². The van der Waals surface area contributed by atoms with E-state index < -0.39 is 0 Å². The molecule has 2 aromatic heterocycles. The maximum Gasteiger partial charge on any atom is 0.270 e. The molecule has 0 aliphatic carbocycles. The average molecular weight is 432 g/mol. The second kappa shape index (κ2) is 7.92. The third-order valence-electron chi connectivity index (χ3n) is 5.20. The standard InChI is InChI=1S/C24H21N3O3S/c1-15-5-6-16(2)19(10-15)27-20(12-18(26-27)23-4-3-9-31-23)24(28)25-13-17-7-8-21-22(11-17)30-14-29-21/h3-12H,13-14H2,1-2H3,(H,25,28). The molecule has 156 valence electrons. The number of amides is 1. The Bertz CT molecular complexity index is 1260. The molecule has 0 radical (unpaired) electrons. The van der Waals surface area contributed by atoms with E-state index in [2.05, 4.69) is 17.4 Å². The second-order valence-corrected chi connectivity index (χ2v) is 8.41. The quantitative estimate of drug-likeness (QED) is 0.489. The summed E-state index contributed by atoms with van der Waals surface area (Å²) in [7, 11) is 0. The summed E-state index contributed by atoms with van der Waals surface area (Å²) < 4.78 is 12.5. The van der Waals surface area contributed by atoms with Gasteiger partial charge in [0.25, 0.3) is 5.91 Å². The van der Waals surface area contributed by atoms with E-state index in [-0.39, 0.29) is 12.7 Å². The Hall–Kier alpha value is -3.58. The Morgan fingerprint density at radius 1 is 1.10 bits per heavy atom. The van der Waals surface area contributed by atoms with Crippen molar-refractivity contribution in [2.24, 2.45) is 0 Å². The zero-order valence-electron chi connectivity index (χ0n) is 17.2. The first-order valence-corrected chi connectivity index (χ1v) is 10.8. The van der Waals surface area contributed by atoms with E-state index in [0.717, 1.165) is 38.7 Å². The zero-order chi connectivity index (χ0) is 21.4. The largest absolute Gasteiger partial charge is 0.454 e. The molecule has 0 bridgehead atoms. The summed E-state index contributed by atoms with van der Waals surface area (Å²) in [6.07, 6.45) is 0. The van der Waals surface area contributed by atoms with Crippen molar-refractivity contribution < 1.29 is 14.3 Å². The molecular formula is C24H21N3O3S. The number of nitrogens with one attached hydrogen (secondary N) is 1. The monoisotopic (exact) mass is 431 g/mol. The molecule has 0 saturated heterocycles. The number of aromatic nitrogens is 2. The van der Waals surface area contributed by atoms with Crippen LogP contribution in [0.5, 0.6) is 11.5 Å². The predicted molar refractivity (Wildman–Crippen MR) is 120 cm³/mol. The number of carbonyl (C=O) groups is 1. The van der Waals surface area contributed by atoms with Crippen LogP contribution in [-0.4, -0.2) is 22.5 Å². The lowest BCUT2D eigenvalue weighted by atomic mass is 10.1. The van der Waals surface area contributed by atoms with Crippen molar-refractivity contribution in [3.05, 3.63) is 82.4 Å². The highest BCUT2D eigenvalue weighted by molar-refractivity contribution is 7.13. The van der Waals surface area contributed by atoms with E-state index in [1.807, 2.05) is 61.7 Å². The molecule has 7 heteroatoms. The molecule has 0 atom stereocenters. The number of hydrogen-bond donors (Lipinski definition) is 1. The summed E-state index contributed by atoms with van der Waals surface area (Å²) in [6, 6.07) is 17.7. The predicted octanol–water partition coefficient (Wildman–Crippen LogP) is 4.88. The minimum absolute atomic E-state index is 0.186. The summed E-state index contributed by atoms with van der Waals surface area (Å²) in [4.78, 5) is 14.2. The lowest BCUT2D eigenvalue weighted by Gasteiger charge is -2.12. The highest BCUT2D eigenvalue weighted by atomic mass is 32.1. The van der Waals surface area contributed by atoms with Gasteiger partial charge in [0, 0.05) is 6.54 Å². The summed E-state index contributed by atoms with van der Waals surface area (Å²) >= 11 is 1.60. The number of rotatable bonds is 5. The van der Waals surface area contributed by atoms with Gasteiger partial charge in [-0.25, -0.2) is 4.68 Å². The van der Waals surface area contributed by atoms with Crippen LogP contribution in [-0.2, 0) is 6.54 Å². The highest BCUT2D eigenvalue weighted by Crippen LogP contribution is 2.32. The molecule has 0 fully saturated rings. The SMILES string of the molecule is Cc1ccc(C)c(-n2nc(-c3cccs3)cc2C(=O)NCc2ccc3c(c2)OCO3)c1. The van der Waals surface area contributed by atoms with Crippen LogP contribution in [0.25, 0.3) is 16.3 Å². The Morgan fingerprint density at radius 2 is 1.97 bits per heavy atom. The zero-order valence-corrected chi connectivity index (χ0v) is 18.0. The summed E-state index contributed by atoms with van der Waals surface area (Å²) in [6.45, 7) is 4.66. The van der Waals surface area contributed by atoms with Crippen LogP contribution in [0.1, 0.15) is 27.2 Å². The lowest BCUT2D eigenvalue weighted by molar-refractivity contribution is 0.0943. The molecule has 1 aliphatic rings. The van der Waals surface area contributed by atoms with Crippen molar-refractivity contribution in [3.8, 4) is 27.8 Å². The Morgan fingerprint density at radius 3 is 2.81 bits per heavy atom. The van der Waals surface area contributed by atoms with E-state index in [1.54, 1.807) is 16.0 Å². The maximum atomic E-state index is 13.2. The fourth-order valence-electron chi connectivity index (χ4n) is 3.54. The van der Waals surface area contributed by atoms with E-state index in [4.69, 9.17) is 14.6 Å². The van der Waals surface area contributed by atoms with E-state index in [9.17, 15) is 4.79 Å². The molecule has 4 aromatic rings. The molecule has 2 aromatic carbocycles. The van der Waals surface area contributed by atoms with Crippen molar-refractivity contribution in [2.45, 2.75) is 20.4 Å². The van der Waals surface area contributed by atoms with Crippen LogP contribution in [0.2, 0.25) is 0 Å². The normalized spacial score (nSPS) is 12.2. The van der Waals surface area contributed by atoms with Gasteiger partial charge in [0.2, 0.25) is 6.79 Å². The van der Waals surface area contributed by atoms with Gasteiger partial charge in [-0.1, -0.05) is 24.3 Å². The maximum absolute atomic E-state index is 13.2. The van der Waals surface area contributed by atoms with E-state index >= 15 is 0 Å². The van der Waals surface area contributed by atoms with Crippen LogP contribution in [0.3, 0.4) is 0 Å². The molecule has 3 heterocycles. The third-order valence-corrected chi connectivity index (χ3v) is 6.09. The molecule has 6 nitrogen and oxygen atoms in total. The minimum atomic E-state index is -0.186. The van der Waals surface area contributed by atoms with Crippen LogP contribution >= 0.6 is 11.3 Å². The van der Waals surface area contributed by atoms with Crippen molar-refractivity contribution >= 4 is 17.2 Å². The van der Waals surface area contributed by atoms with E-state index in [1.165, 1.54) is 0 Å². The number of thiophene rings is 1. The van der Waals surface area contributed by atoms with Crippen molar-refractivity contribution in [2.75, 3.05) is 6.79 Å². The number of hydrogen-bond acceptors (Lipinski definition) is 5. The first-order chi connectivity index (χ1) is 15.1. The van der Waals surface area contributed by atoms with Crippen LogP contribution < -0.4 is 14.8 Å². The Balaban J connectivity index is 1.47. The van der Waals surface area contributed by atoms with Crippen molar-refractivity contribution in [1.82, 2.24) is 15.1 Å². The molecule has 5 rings (SSSR count). The summed E-state index contributed by atoms with van der Waals surface area (Å²) in [5.41, 5.74) is 5.28. The molecule has 1 N–H and O–H groups in total. The molecular weight excluding hydrogens is 410 g/mol. The highest BCUT2D eigenvalue weighted by Gasteiger charge is 2.20. The third kappa shape index (κ3) is 3.80. The summed E-state index contributed by atoms with van der Waals surface area (Å²) in [5.74, 6) is 1.24. The molecule has 31 heavy (non-hydrogen) atoms. The number of fused-ring (bicyclic) bond motifs is 1. The van der Waals surface area contributed by atoms with Gasteiger partial charge in [-0.3, -0.25) is 4.79 Å². The van der Waals surface area contributed by atoms with Gasteiger partial charge in [0.15, 0.2) is 11.5 Å². The molecule has 1 amide bonds. The molecule has 0 spiro atoms. The van der Waals surface area contributed by atoms with Gasteiger partial charge >= 0.3 is 0 Å². The van der Waals surface area contributed by atoms with Gasteiger partial charge < -0.3 is 14.8 Å². The smallest absolute Gasteiger partial charge is 0.270 e. The van der Waals surface area contributed by atoms with Gasteiger partial charge in [-0.2, -0.15) is 5.10 Å². The summed E-state index contributed by atoms with van der Waals surface area (Å²) in [5, 5.41) is 9.80. The van der Waals surface area contributed by atoms with Crippen LogP contribution in [0, 0.1) is 13.8 Å². The number of ether oxygens (including phenoxy) is 2. The molecule has 1 aliphatic heterocycles. The average Bonchev–Trinajstić information content (AvgIpc) is 3.52. The molecule has 0 unspecified atom stereocenters. The van der Waals surface area contributed by atoms with Crippen molar-refractivity contribution in [1.29, 1.82) is 0 Å². The lowest BCUT2D eigenvalue weighted by Crippen LogP contribution is -2.25. The van der Waals surface area contributed by atoms with Gasteiger partial charge in [0.1, 0.15) is 11.4 Å². The molecule has 0 saturated carbocycles. The first-order valence-electron chi connectivity index (χ1n) is 9.97. The fraction of sp³-hybridized carbons (Fsp3) is 0.167. The number of aryl methyl sites for hydroxylation is 2. The number of nitrogens with zero attached hydrogens (tertiary/aromatic N) is 2. The number of carbonyl (C=O) groups excluding carboxylic acids is 1. The van der Waals surface area contributed by atoms with Crippen LogP contribution in [0.4, 0.5) is 0 Å². The van der Waals surface area contributed by atoms with Gasteiger partial charge in [-0.05, 0) is 66.2 Å². The van der Waals surface area contributed by atoms with Crippen LogP contribution in [0.15, 0.2) is 60.0 Å². The Labute approximate surface area is 184 Å². The van der Waals surface area contributed by atoms with Crippen molar-refractivity contribution in [3.63, 3.8) is 0 Å². The number of benzene rings is 2. The Kier molecular flexibility index (Phi) is 4.95. The fourth-order valence-corrected chi connectivity index (χ4v) is 4.22. The van der Waals surface area contributed by atoms with Gasteiger partial charge in [0.05, 0.1) is 10.6 Å². The topological polar surface area (TPSA) is 65.4 Å².